The third-order valence-electron chi connectivity index (χ3n) is 6.33. The molecule has 0 amide bonds. The van der Waals surface area contributed by atoms with Gasteiger partial charge in [-0.05, 0) is 54.5 Å². The fraction of sp³-hybridized carbons (Fsp3) is 0.345. The van der Waals surface area contributed by atoms with Gasteiger partial charge in [-0.15, -0.1) is 0 Å². The molecule has 2 atom stereocenters. The van der Waals surface area contributed by atoms with Crippen molar-refractivity contribution in [3.63, 3.8) is 0 Å². The quantitative estimate of drug-likeness (QED) is 0.230. The van der Waals surface area contributed by atoms with Gasteiger partial charge >= 0.3 is 0 Å². The molecule has 0 bridgehead atoms. The highest BCUT2D eigenvalue weighted by molar-refractivity contribution is 5.69. The molecule has 1 unspecified atom stereocenters. The van der Waals surface area contributed by atoms with Gasteiger partial charge < -0.3 is 15.2 Å². The summed E-state index contributed by atoms with van der Waals surface area (Å²) in [6.07, 6.45) is 9.97. The van der Waals surface area contributed by atoms with Crippen molar-refractivity contribution in [1.82, 2.24) is 0 Å². The maximum Gasteiger partial charge on any atom is 0.177 e. The average Bonchev–Trinajstić information content (AvgIpc) is 2.91. The Balaban J connectivity index is 1.54. The van der Waals surface area contributed by atoms with Crippen LogP contribution in [0.5, 0.6) is 0 Å². The standard InChI is InChI=1S/C29H31F3N4O2/c1-20(25(10-11-35-19-36-18-34)26-9-8-24(30)14-28(26)32)12-22-16-37-29(38-17-22)5-3-2-4-23-7-6-21(15-33)13-27(23)31/h2-9,13-14,18-20,22,25,29H,10-12,16-17H2,1H3,(H2,34,35,36)/b4-2+,5-3+/t20-,22?,25?,29?/m0/s1. The SMILES string of the molecule is C[C@@H](CC1COC(/C=C/C=C/c2ccc(C#N)cc2F)OC1)C(CCN=CN=CN)c1ccc(F)cc1F. The molecule has 9 heteroatoms. The summed E-state index contributed by atoms with van der Waals surface area (Å²) < 4.78 is 53.7. The summed E-state index contributed by atoms with van der Waals surface area (Å²) in [6.45, 7) is 3.40. The normalized spacial score (nSPS) is 20.0. The molecule has 2 N–H and O–H groups in total. The van der Waals surface area contributed by atoms with Crippen LogP contribution in [-0.4, -0.2) is 38.7 Å². The van der Waals surface area contributed by atoms with E-state index in [1.807, 2.05) is 13.0 Å². The van der Waals surface area contributed by atoms with Crippen LogP contribution in [-0.2, 0) is 9.47 Å². The van der Waals surface area contributed by atoms with Gasteiger partial charge in [-0.1, -0.05) is 37.3 Å². The lowest BCUT2D eigenvalue weighted by molar-refractivity contribution is -0.177. The summed E-state index contributed by atoms with van der Waals surface area (Å²) in [4.78, 5) is 7.92. The molecule has 1 heterocycles. The third-order valence-corrected chi connectivity index (χ3v) is 6.33. The summed E-state index contributed by atoms with van der Waals surface area (Å²) in [6, 6.07) is 9.87. The molecule has 0 aliphatic carbocycles. The third kappa shape index (κ3) is 8.68. The fourth-order valence-electron chi connectivity index (χ4n) is 4.45. The van der Waals surface area contributed by atoms with Crippen LogP contribution in [0.4, 0.5) is 13.2 Å². The van der Waals surface area contributed by atoms with Crippen molar-refractivity contribution in [2.75, 3.05) is 19.8 Å². The molecule has 200 valence electrons. The molecule has 2 aromatic rings. The van der Waals surface area contributed by atoms with E-state index < -0.39 is 23.7 Å². The van der Waals surface area contributed by atoms with Crippen molar-refractivity contribution in [1.29, 1.82) is 5.26 Å². The lowest BCUT2D eigenvalue weighted by Gasteiger charge is -2.32. The van der Waals surface area contributed by atoms with E-state index in [1.165, 1.54) is 24.5 Å². The van der Waals surface area contributed by atoms with Gasteiger partial charge in [-0.2, -0.15) is 5.26 Å². The Morgan fingerprint density at radius 3 is 2.58 bits per heavy atom. The number of nitrogens with zero attached hydrogens (tertiary/aromatic N) is 3. The Labute approximate surface area is 221 Å². The van der Waals surface area contributed by atoms with Crippen molar-refractivity contribution in [3.05, 3.63) is 88.8 Å². The number of hydrogen-bond acceptors (Lipinski definition) is 4. The van der Waals surface area contributed by atoms with E-state index in [1.54, 1.807) is 36.4 Å². The molecule has 1 aliphatic heterocycles. The second-order valence-electron chi connectivity index (χ2n) is 9.09. The van der Waals surface area contributed by atoms with E-state index in [9.17, 15) is 13.2 Å². The van der Waals surface area contributed by atoms with Crippen molar-refractivity contribution in [3.8, 4) is 6.07 Å². The zero-order valence-electron chi connectivity index (χ0n) is 21.1. The van der Waals surface area contributed by atoms with E-state index >= 15 is 0 Å². The summed E-state index contributed by atoms with van der Waals surface area (Å²) >= 11 is 0. The van der Waals surface area contributed by atoms with Gasteiger partial charge in [0.05, 0.1) is 31.2 Å². The smallest absolute Gasteiger partial charge is 0.177 e. The minimum Gasteiger partial charge on any atom is -0.390 e. The van der Waals surface area contributed by atoms with Crippen LogP contribution in [0.1, 0.15) is 42.4 Å². The molecular formula is C29H31F3N4O2. The average molecular weight is 525 g/mol. The van der Waals surface area contributed by atoms with Crippen molar-refractivity contribution in [2.45, 2.75) is 32.0 Å². The Kier molecular flexibility index (Phi) is 11.3. The first-order valence-corrected chi connectivity index (χ1v) is 12.4. The molecule has 1 saturated heterocycles. The zero-order valence-corrected chi connectivity index (χ0v) is 21.1. The molecule has 0 aromatic heterocycles. The first kappa shape index (κ1) is 28.8. The van der Waals surface area contributed by atoms with Crippen molar-refractivity contribution >= 4 is 18.8 Å². The van der Waals surface area contributed by atoms with Gasteiger partial charge in [-0.3, -0.25) is 4.99 Å². The predicted molar refractivity (Wildman–Crippen MR) is 142 cm³/mol. The van der Waals surface area contributed by atoms with E-state index in [-0.39, 0.29) is 23.3 Å². The molecule has 6 nitrogen and oxygen atoms in total. The zero-order chi connectivity index (χ0) is 27.3. The number of allylic oxidation sites excluding steroid dienone is 2. The highest BCUT2D eigenvalue weighted by atomic mass is 19.1. The number of nitrogens with two attached hydrogens (primary N) is 1. The van der Waals surface area contributed by atoms with E-state index in [0.717, 1.165) is 18.8 Å². The Hall–Kier alpha value is -3.74. The molecule has 38 heavy (non-hydrogen) atoms. The molecular weight excluding hydrogens is 493 g/mol. The Bertz CT molecular complexity index is 1210. The van der Waals surface area contributed by atoms with E-state index in [4.69, 9.17) is 20.5 Å². The maximum absolute atomic E-state index is 14.6. The van der Waals surface area contributed by atoms with Gasteiger partial charge in [0.25, 0.3) is 0 Å². The van der Waals surface area contributed by atoms with Gasteiger partial charge in [0, 0.05) is 24.1 Å². The van der Waals surface area contributed by atoms with Crippen LogP contribution in [0.25, 0.3) is 6.08 Å². The van der Waals surface area contributed by atoms with E-state index in [0.29, 0.717) is 37.3 Å². The summed E-state index contributed by atoms with van der Waals surface area (Å²) in [5.74, 6) is -1.67. The molecule has 2 aromatic carbocycles. The van der Waals surface area contributed by atoms with Crippen LogP contribution in [0.2, 0.25) is 0 Å². The fourth-order valence-corrected chi connectivity index (χ4v) is 4.45. The highest BCUT2D eigenvalue weighted by Gasteiger charge is 2.28. The number of benzene rings is 2. The van der Waals surface area contributed by atoms with Crippen LogP contribution in [0.15, 0.2) is 64.6 Å². The molecule has 1 aliphatic rings. The number of nitriles is 1. The minimum atomic E-state index is -0.613. The molecule has 0 saturated carbocycles. The number of ether oxygens (including phenoxy) is 2. The van der Waals surface area contributed by atoms with Gasteiger partial charge in [0.15, 0.2) is 6.29 Å². The Morgan fingerprint density at radius 1 is 1.11 bits per heavy atom. The van der Waals surface area contributed by atoms with E-state index in [2.05, 4.69) is 9.98 Å². The molecule has 3 rings (SSSR count). The predicted octanol–water partition coefficient (Wildman–Crippen LogP) is 5.75. The largest absolute Gasteiger partial charge is 0.390 e. The number of halogens is 3. The van der Waals surface area contributed by atoms with Crippen LogP contribution < -0.4 is 5.73 Å². The van der Waals surface area contributed by atoms with Crippen molar-refractivity contribution < 1.29 is 22.6 Å². The summed E-state index contributed by atoms with van der Waals surface area (Å²) in [5.41, 5.74) is 6.31. The number of rotatable bonds is 11. The molecule has 0 radical (unpaired) electrons. The van der Waals surface area contributed by atoms with Crippen molar-refractivity contribution in [2.24, 2.45) is 27.6 Å². The lowest BCUT2D eigenvalue weighted by Crippen LogP contribution is -2.32. The second kappa shape index (κ2) is 14.9. The molecule has 0 spiro atoms. The summed E-state index contributed by atoms with van der Waals surface area (Å²) in [7, 11) is 0. The number of hydrogen-bond donors (Lipinski definition) is 1. The topological polar surface area (TPSA) is 93.0 Å². The maximum atomic E-state index is 14.6. The first-order chi connectivity index (χ1) is 18.4. The van der Waals surface area contributed by atoms with Crippen LogP contribution in [0, 0.1) is 40.6 Å². The van der Waals surface area contributed by atoms with Crippen LogP contribution >= 0.6 is 0 Å². The molecule has 1 fully saturated rings. The second-order valence-corrected chi connectivity index (χ2v) is 9.09. The summed E-state index contributed by atoms with van der Waals surface area (Å²) in [5, 5.41) is 8.82. The van der Waals surface area contributed by atoms with Gasteiger partial charge in [-0.25, -0.2) is 18.2 Å². The first-order valence-electron chi connectivity index (χ1n) is 12.4. The Morgan fingerprint density at radius 2 is 1.89 bits per heavy atom. The van der Waals surface area contributed by atoms with Gasteiger partial charge in [0.2, 0.25) is 0 Å². The van der Waals surface area contributed by atoms with Crippen LogP contribution in [0.3, 0.4) is 0 Å². The lowest BCUT2D eigenvalue weighted by atomic mass is 9.79. The number of aliphatic imine (C=N–C) groups is 2. The monoisotopic (exact) mass is 524 g/mol. The highest BCUT2D eigenvalue weighted by Crippen LogP contribution is 2.35. The minimum absolute atomic E-state index is 0.0534. The van der Waals surface area contributed by atoms with Gasteiger partial charge in [0.1, 0.15) is 23.8 Å².